The van der Waals surface area contributed by atoms with Crippen LogP contribution in [0.15, 0.2) is 71.5 Å². The van der Waals surface area contributed by atoms with Gasteiger partial charge in [-0.2, -0.15) is 0 Å². The minimum atomic E-state index is -0.477. The molecular weight excluding hydrogens is 382 g/mol. The molecule has 0 unspecified atom stereocenters. The number of hydrogen-bond acceptors (Lipinski definition) is 4. The largest absolute Gasteiger partial charge is 0.486 e. The molecule has 126 valence electrons. The maximum absolute atomic E-state index is 12.7. The number of aromatic nitrogens is 1. The van der Waals surface area contributed by atoms with Crippen molar-refractivity contribution in [2.45, 2.75) is 13.5 Å². The standard InChI is InChI=1S/C20H16BrNO3/c1-14-18(20(23)25-16-10-6-3-7-11-16)17(12-22-19(14)21)24-13-15-8-4-2-5-9-15/h2-12H,13H2,1H3. The zero-order chi connectivity index (χ0) is 17.6. The van der Waals surface area contributed by atoms with Crippen LogP contribution in [-0.4, -0.2) is 11.0 Å². The van der Waals surface area contributed by atoms with E-state index >= 15 is 0 Å². The fourth-order valence-corrected chi connectivity index (χ4v) is 2.61. The molecule has 1 heterocycles. The molecule has 1 aromatic heterocycles. The Balaban J connectivity index is 1.86. The second-order valence-electron chi connectivity index (χ2n) is 5.39. The smallest absolute Gasteiger partial charge is 0.347 e. The van der Waals surface area contributed by atoms with Gasteiger partial charge in [0, 0.05) is 5.56 Å². The number of esters is 1. The predicted molar refractivity (Wildman–Crippen MR) is 98.8 cm³/mol. The van der Waals surface area contributed by atoms with Crippen molar-refractivity contribution in [1.29, 1.82) is 0 Å². The Morgan fingerprint density at radius 1 is 1.04 bits per heavy atom. The molecule has 2 aromatic carbocycles. The second kappa shape index (κ2) is 7.94. The normalized spacial score (nSPS) is 10.3. The number of halogens is 1. The highest BCUT2D eigenvalue weighted by Crippen LogP contribution is 2.28. The molecule has 0 N–H and O–H groups in total. The molecule has 0 amide bonds. The third-order valence-corrected chi connectivity index (χ3v) is 4.42. The van der Waals surface area contributed by atoms with Crippen molar-refractivity contribution in [3.05, 3.63) is 88.2 Å². The summed E-state index contributed by atoms with van der Waals surface area (Å²) in [4.78, 5) is 16.9. The van der Waals surface area contributed by atoms with E-state index in [1.54, 1.807) is 19.1 Å². The molecule has 0 saturated carbocycles. The molecule has 0 atom stereocenters. The molecule has 0 spiro atoms. The SMILES string of the molecule is Cc1c(Br)ncc(OCc2ccccc2)c1C(=O)Oc1ccccc1. The first-order chi connectivity index (χ1) is 12.1. The lowest BCUT2D eigenvalue weighted by Crippen LogP contribution is -2.13. The van der Waals surface area contributed by atoms with Crippen molar-refractivity contribution in [1.82, 2.24) is 4.98 Å². The van der Waals surface area contributed by atoms with Gasteiger partial charge in [-0.1, -0.05) is 48.5 Å². The van der Waals surface area contributed by atoms with Crippen LogP contribution in [0, 0.1) is 6.92 Å². The molecule has 5 heteroatoms. The van der Waals surface area contributed by atoms with Gasteiger partial charge in [0.2, 0.25) is 0 Å². The third-order valence-electron chi connectivity index (χ3n) is 3.62. The predicted octanol–water partition coefficient (Wildman–Crippen LogP) is 4.95. The van der Waals surface area contributed by atoms with Crippen LogP contribution in [-0.2, 0) is 6.61 Å². The summed E-state index contributed by atoms with van der Waals surface area (Å²) in [5.74, 6) is 0.397. The lowest BCUT2D eigenvalue weighted by atomic mass is 10.1. The summed E-state index contributed by atoms with van der Waals surface area (Å²) < 4.78 is 11.9. The second-order valence-corrected chi connectivity index (χ2v) is 6.14. The van der Waals surface area contributed by atoms with Gasteiger partial charge >= 0.3 is 5.97 Å². The average Bonchev–Trinajstić information content (AvgIpc) is 2.64. The van der Waals surface area contributed by atoms with E-state index in [1.807, 2.05) is 48.5 Å². The lowest BCUT2D eigenvalue weighted by Gasteiger charge is -2.14. The maximum Gasteiger partial charge on any atom is 0.347 e. The average molecular weight is 398 g/mol. The van der Waals surface area contributed by atoms with E-state index in [0.717, 1.165) is 5.56 Å². The molecule has 0 fully saturated rings. The first kappa shape index (κ1) is 17.2. The van der Waals surface area contributed by atoms with Gasteiger partial charge in [-0.3, -0.25) is 0 Å². The van der Waals surface area contributed by atoms with Gasteiger partial charge in [0.1, 0.15) is 22.5 Å². The van der Waals surface area contributed by atoms with Crippen LogP contribution in [0.5, 0.6) is 11.5 Å². The highest BCUT2D eigenvalue weighted by atomic mass is 79.9. The highest BCUT2D eigenvalue weighted by molar-refractivity contribution is 9.10. The molecule has 0 saturated heterocycles. The van der Waals surface area contributed by atoms with E-state index in [4.69, 9.17) is 9.47 Å². The number of para-hydroxylation sites is 1. The van der Waals surface area contributed by atoms with E-state index < -0.39 is 5.97 Å². The number of carbonyl (C=O) groups excluding carboxylic acids is 1. The summed E-state index contributed by atoms with van der Waals surface area (Å²) in [6, 6.07) is 18.7. The van der Waals surface area contributed by atoms with Crippen molar-refractivity contribution < 1.29 is 14.3 Å². The third kappa shape index (κ3) is 4.25. The molecule has 25 heavy (non-hydrogen) atoms. The molecule has 0 aliphatic rings. The molecule has 0 bridgehead atoms. The first-order valence-electron chi connectivity index (χ1n) is 7.74. The van der Waals surface area contributed by atoms with Gasteiger partial charge in [0.25, 0.3) is 0 Å². The van der Waals surface area contributed by atoms with E-state index in [2.05, 4.69) is 20.9 Å². The Bertz CT molecular complexity index is 867. The fourth-order valence-electron chi connectivity index (χ4n) is 2.31. The first-order valence-corrected chi connectivity index (χ1v) is 8.53. The number of hydrogen-bond donors (Lipinski definition) is 0. The summed E-state index contributed by atoms with van der Waals surface area (Å²) in [7, 11) is 0. The lowest BCUT2D eigenvalue weighted by molar-refractivity contribution is 0.0728. The zero-order valence-electron chi connectivity index (χ0n) is 13.6. The Morgan fingerprint density at radius 2 is 1.68 bits per heavy atom. The fraction of sp³-hybridized carbons (Fsp3) is 0.100. The topological polar surface area (TPSA) is 48.4 Å². The Kier molecular flexibility index (Phi) is 5.46. The summed E-state index contributed by atoms with van der Waals surface area (Å²) >= 11 is 3.36. The van der Waals surface area contributed by atoms with Crippen LogP contribution in [0.4, 0.5) is 0 Å². The summed E-state index contributed by atoms with van der Waals surface area (Å²) in [6.45, 7) is 2.14. The number of carbonyl (C=O) groups is 1. The summed E-state index contributed by atoms with van der Waals surface area (Å²) in [6.07, 6.45) is 1.53. The molecular formula is C20H16BrNO3. The minimum Gasteiger partial charge on any atom is -0.486 e. The van der Waals surface area contributed by atoms with Gasteiger partial charge in [0.15, 0.2) is 5.75 Å². The molecule has 0 radical (unpaired) electrons. The van der Waals surface area contributed by atoms with E-state index in [9.17, 15) is 4.79 Å². The van der Waals surface area contributed by atoms with E-state index in [1.165, 1.54) is 6.20 Å². The Labute approximate surface area is 154 Å². The highest BCUT2D eigenvalue weighted by Gasteiger charge is 2.21. The summed E-state index contributed by atoms with van der Waals surface area (Å²) in [5, 5.41) is 0. The van der Waals surface area contributed by atoms with Gasteiger partial charge in [-0.25, -0.2) is 9.78 Å². The molecule has 3 rings (SSSR count). The quantitative estimate of drug-likeness (QED) is 0.347. The van der Waals surface area contributed by atoms with Crippen LogP contribution in [0.3, 0.4) is 0 Å². The number of nitrogens with zero attached hydrogens (tertiary/aromatic N) is 1. The van der Waals surface area contributed by atoms with Gasteiger partial charge in [-0.15, -0.1) is 0 Å². The molecule has 4 nitrogen and oxygen atoms in total. The molecule has 3 aromatic rings. The van der Waals surface area contributed by atoms with Crippen LogP contribution in [0.2, 0.25) is 0 Å². The van der Waals surface area contributed by atoms with Crippen LogP contribution in [0.1, 0.15) is 21.5 Å². The monoisotopic (exact) mass is 397 g/mol. The Morgan fingerprint density at radius 3 is 2.36 bits per heavy atom. The maximum atomic E-state index is 12.7. The molecule has 0 aliphatic carbocycles. The number of ether oxygens (including phenoxy) is 2. The van der Waals surface area contributed by atoms with Gasteiger partial charge in [0.05, 0.1) is 6.20 Å². The van der Waals surface area contributed by atoms with Crippen LogP contribution in [0.25, 0.3) is 0 Å². The van der Waals surface area contributed by atoms with Crippen molar-refractivity contribution in [2.24, 2.45) is 0 Å². The van der Waals surface area contributed by atoms with Crippen molar-refractivity contribution in [2.75, 3.05) is 0 Å². The van der Waals surface area contributed by atoms with Crippen molar-refractivity contribution in [3.8, 4) is 11.5 Å². The van der Waals surface area contributed by atoms with Crippen LogP contribution >= 0.6 is 15.9 Å². The zero-order valence-corrected chi connectivity index (χ0v) is 15.2. The number of benzene rings is 2. The summed E-state index contributed by atoms with van der Waals surface area (Å²) in [5.41, 5.74) is 2.04. The van der Waals surface area contributed by atoms with E-state index in [-0.39, 0.29) is 0 Å². The number of pyridine rings is 1. The minimum absolute atomic E-state index is 0.342. The van der Waals surface area contributed by atoms with Crippen molar-refractivity contribution >= 4 is 21.9 Å². The van der Waals surface area contributed by atoms with Gasteiger partial charge < -0.3 is 9.47 Å². The van der Waals surface area contributed by atoms with Gasteiger partial charge in [-0.05, 0) is 40.5 Å². The Hall–Kier alpha value is -2.66. The van der Waals surface area contributed by atoms with Crippen LogP contribution < -0.4 is 9.47 Å². The molecule has 0 aliphatic heterocycles. The van der Waals surface area contributed by atoms with Crippen molar-refractivity contribution in [3.63, 3.8) is 0 Å². The van der Waals surface area contributed by atoms with E-state index in [0.29, 0.717) is 33.8 Å². The number of rotatable bonds is 5.